The number of likely N-dealkylation sites (N-methyl/N-ethyl adjacent to an activating group) is 1. The SMILES string of the molecule is CN1CCCC1CNCC1Cc2cc(Br)ccc2O1. The van der Waals surface area contributed by atoms with Crippen molar-refractivity contribution in [2.45, 2.75) is 31.4 Å². The molecular weight excluding hydrogens is 304 g/mol. The summed E-state index contributed by atoms with van der Waals surface area (Å²) in [6.45, 7) is 3.26. The van der Waals surface area contributed by atoms with Gasteiger partial charge in [0, 0.05) is 30.0 Å². The minimum Gasteiger partial charge on any atom is -0.488 e. The first-order valence-electron chi connectivity index (χ1n) is 7.08. The van der Waals surface area contributed by atoms with Crippen LogP contribution >= 0.6 is 15.9 Å². The van der Waals surface area contributed by atoms with E-state index in [9.17, 15) is 0 Å². The second-order valence-electron chi connectivity index (χ2n) is 5.63. The van der Waals surface area contributed by atoms with Crippen molar-refractivity contribution in [2.24, 2.45) is 0 Å². The molecule has 4 heteroatoms. The zero-order valence-corrected chi connectivity index (χ0v) is 12.9. The Labute approximate surface area is 123 Å². The molecule has 3 rings (SSSR count). The predicted octanol–water partition coefficient (Wildman–Crippen LogP) is 2.44. The molecule has 2 atom stereocenters. The number of likely N-dealkylation sites (tertiary alicyclic amines) is 1. The van der Waals surface area contributed by atoms with Crippen molar-refractivity contribution in [1.29, 1.82) is 0 Å². The summed E-state index contributed by atoms with van der Waals surface area (Å²) in [5.41, 5.74) is 1.32. The Morgan fingerprint density at radius 1 is 1.42 bits per heavy atom. The lowest BCUT2D eigenvalue weighted by Crippen LogP contribution is -2.39. The number of fused-ring (bicyclic) bond motifs is 1. The summed E-state index contributed by atoms with van der Waals surface area (Å²) in [6, 6.07) is 6.98. The molecule has 0 radical (unpaired) electrons. The van der Waals surface area contributed by atoms with Gasteiger partial charge in [-0.05, 0) is 50.2 Å². The molecule has 0 spiro atoms. The number of rotatable bonds is 4. The molecule has 2 unspecified atom stereocenters. The fourth-order valence-electron chi connectivity index (χ4n) is 3.05. The van der Waals surface area contributed by atoms with E-state index in [1.807, 2.05) is 6.07 Å². The minimum absolute atomic E-state index is 0.288. The first-order valence-corrected chi connectivity index (χ1v) is 7.88. The zero-order chi connectivity index (χ0) is 13.2. The Kier molecular flexibility index (Phi) is 4.10. The first kappa shape index (κ1) is 13.4. The van der Waals surface area contributed by atoms with Crippen LogP contribution in [-0.2, 0) is 6.42 Å². The van der Waals surface area contributed by atoms with Crippen molar-refractivity contribution in [3.63, 3.8) is 0 Å². The normalized spacial score (nSPS) is 26.4. The van der Waals surface area contributed by atoms with E-state index in [0.717, 1.165) is 29.7 Å². The van der Waals surface area contributed by atoms with Crippen molar-refractivity contribution in [3.05, 3.63) is 28.2 Å². The molecule has 1 saturated heterocycles. The van der Waals surface area contributed by atoms with Gasteiger partial charge < -0.3 is 15.0 Å². The molecule has 3 nitrogen and oxygen atoms in total. The topological polar surface area (TPSA) is 24.5 Å². The van der Waals surface area contributed by atoms with E-state index < -0.39 is 0 Å². The van der Waals surface area contributed by atoms with E-state index >= 15 is 0 Å². The van der Waals surface area contributed by atoms with Gasteiger partial charge in [-0.3, -0.25) is 0 Å². The fourth-order valence-corrected chi connectivity index (χ4v) is 3.46. The molecule has 2 aliphatic heterocycles. The van der Waals surface area contributed by atoms with Crippen LogP contribution in [0.4, 0.5) is 0 Å². The molecule has 0 amide bonds. The van der Waals surface area contributed by atoms with Crippen LogP contribution in [-0.4, -0.2) is 43.7 Å². The highest BCUT2D eigenvalue weighted by Gasteiger charge is 2.24. The highest BCUT2D eigenvalue weighted by Crippen LogP contribution is 2.30. The maximum Gasteiger partial charge on any atom is 0.123 e. The predicted molar refractivity (Wildman–Crippen MR) is 80.8 cm³/mol. The maximum absolute atomic E-state index is 5.96. The van der Waals surface area contributed by atoms with Gasteiger partial charge in [-0.15, -0.1) is 0 Å². The van der Waals surface area contributed by atoms with E-state index in [0.29, 0.717) is 6.04 Å². The van der Waals surface area contributed by atoms with Crippen LogP contribution in [0.25, 0.3) is 0 Å². The lowest BCUT2D eigenvalue weighted by atomic mass is 10.1. The van der Waals surface area contributed by atoms with Gasteiger partial charge >= 0.3 is 0 Å². The number of hydrogen-bond donors (Lipinski definition) is 1. The third-order valence-electron chi connectivity index (χ3n) is 4.19. The van der Waals surface area contributed by atoms with Gasteiger partial charge in [0.05, 0.1) is 0 Å². The summed E-state index contributed by atoms with van der Waals surface area (Å²) >= 11 is 3.51. The Balaban J connectivity index is 1.46. The zero-order valence-electron chi connectivity index (χ0n) is 11.4. The Bertz CT molecular complexity index is 452. The molecule has 0 bridgehead atoms. The number of hydrogen-bond acceptors (Lipinski definition) is 3. The molecule has 104 valence electrons. The van der Waals surface area contributed by atoms with E-state index in [4.69, 9.17) is 4.74 Å². The highest BCUT2D eigenvalue weighted by molar-refractivity contribution is 9.10. The number of benzene rings is 1. The van der Waals surface area contributed by atoms with Crippen LogP contribution < -0.4 is 10.1 Å². The van der Waals surface area contributed by atoms with Crippen molar-refractivity contribution in [2.75, 3.05) is 26.7 Å². The minimum atomic E-state index is 0.288. The average molecular weight is 325 g/mol. The number of nitrogens with one attached hydrogen (secondary N) is 1. The van der Waals surface area contributed by atoms with Crippen LogP contribution in [0.1, 0.15) is 18.4 Å². The Morgan fingerprint density at radius 2 is 2.32 bits per heavy atom. The van der Waals surface area contributed by atoms with E-state index in [-0.39, 0.29) is 6.10 Å². The van der Waals surface area contributed by atoms with Crippen LogP contribution in [0.2, 0.25) is 0 Å². The van der Waals surface area contributed by atoms with Gasteiger partial charge in [0.25, 0.3) is 0 Å². The first-order chi connectivity index (χ1) is 9.22. The molecule has 1 N–H and O–H groups in total. The average Bonchev–Trinajstić information content (AvgIpc) is 2.95. The third kappa shape index (κ3) is 3.12. The quantitative estimate of drug-likeness (QED) is 0.920. The molecular formula is C15H21BrN2O. The van der Waals surface area contributed by atoms with Gasteiger partial charge in [-0.2, -0.15) is 0 Å². The second-order valence-corrected chi connectivity index (χ2v) is 6.55. The van der Waals surface area contributed by atoms with Gasteiger partial charge in [-0.1, -0.05) is 15.9 Å². The van der Waals surface area contributed by atoms with Crippen molar-refractivity contribution >= 4 is 15.9 Å². The Hall–Kier alpha value is -0.580. The number of ether oxygens (including phenoxy) is 1. The van der Waals surface area contributed by atoms with E-state index in [1.165, 1.54) is 24.9 Å². The molecule has 1 aromatic rings. The second kappa shape index (κ2) is 5.81. The van der Waals surface area contributed by atoms with Gasteiger partial charge in [0.1, 0.15) is 11.9 Å². The smallest absolute Gasteiger partial charge is 0.123 e. The summed E-state index contributed by atoms with van der Waals surface area (Å²) in [7, 11) is 2.22. The van der Waals surface area contributed by atoms with Crippen molar-refractivity contribution < 1.29 is 4.74 Å². The van der Waals surface area contributed by atoms with Crippen molar-refractivity contribution in [1.82, 2.24) is 10.2 Å². The van der Waals surface area contributed by atoms with E-state index in [2.05, 4.69) is 45.3 Å². The fraction of sp³-hybridized carbons (Fsp3) is 0.600. The molecule has 19 heavy (non-hydrogen) atoms. The van der Waals surface area contributed by atoms with Crippen LogP contribution in [0.5, 0.6) is 5.75 Å². The lowest BCUT2D eigenvalue weighted by molar-refractivity contribution is 0.219. The standard InChI is InChI=1S/C15H21BrN2O/c1-18-6-2-3-13(18)9-17-10-14-8-11-7-12(16)4-5-15(11)19-14/h4-5,7,13-14,17H,2-3,6,8-10H2,1H3. The Morgan fingerprint density at radius 3 is 3.11 bits per heavy atom. The van der Waals surface area contributed by atoms with Crippen molar-refractivity contribution in [3.8, 4) is 5.75 Å². The molecule has 0 aromatic heterocycles. The maximum atomic E-state index is 5.96. The van der Waals surface area contributed by atoms with Gasteiger partial charge in [-0.25, -0.2) is 0 Å². The molecule has 2 aliphatic rings. The molecule has 0 saturated carbocycles. The van der Waals surface area contributed by atoms with E-state index in [1.54, 1.807) is 0 Å². The molecule has 1 aromatic carbocycles. The van der Waals surface area contributed by atoms with Crippen LogP contribution in [0, 0.1) is 0 Å². The molecule has 2 heterocycles. The highest BCUT2D eigenvalue weighted by atomic mass is 79.9. The largest absolute Gasteiger partial charge is 0.488 e. The summed E-state index contributed by atoms with van der Waals surface area (Å²) < 4.78 is 7.09. The number of nitrogens with zero attached hydrogens (tertiary/aromatic N) is 1. The monoisotopic (exact) mass is 324 g/mol. The summed E-state index contributed by atoms with van der Waals surface area (Å²) in [4.78, 5) is 2.45. The van der Waals surface area contributed by atoms with Gasteiger partial charge in [0.15, 0.2) is 0 Å². The third-order valence-corrected chi connectivity index (χ3v) is 4.68. The summed E-state index contributed by atoms with van der Waals surface area (Å²) in [5.74, 6) is 1.05. The lowest BCUT2D eigenvalue weighted by Gasteiger charge is -2.20. The van der Waals surface area contributed by atoms with Crippen LogP contribution in [0.3, 0.4) is 0 Å². The molecule has 0 aliphatic carbocycles. The molecule has 1 fully saturated rings. The van der Waals surface area contributed by atoms with Gasteiger partial charge in [0.2, 0.25) is 0 Å². The summed E-state index contributed by atoms with van der Waals surface area (Å²) in [6.07, 6.45) is 3.96. The number of halogens is 1. The van der Waals surface area contributed by atoms with Crippen LogP contribution in [0.15, 0.2) is 22.7 Å². The summed E-state index contributed by atoms with van der Waals surface area (Å²) in [5, 5.41) is 3.57.